The lowest BCUT2D eigenvalue weighted by molar-refractivity contribution is -0.130. The number of aromatic nitrogens is 2. The van der Waals surface area contributed by atoms with Crippen molar-refractivity contribution in [3.8, 4) is 0 Å². The molecule has 126 valence electrons. The van der Waals surface area contributed by atoms with E-state index in [1.165, 1.54) is 5.39 Å². The number of carbonyl (C=O) groups is 1. The minimum absolute atomic E-state index is 0.190. The molecule has 2 aromatic carbocycles. The first-order valence-electron chi connectivity index (χ1n) is 8.58. The van der Waals surface area contributed by atoms with Gasteiger partial charge in [0.1, 0.15) is 0 Å². The maximum Gasteiger partial charge on any atom is 0.227 e. The van der Waals surface area contributed by atoms with Crippen LogP contribution < -0.4 is 4.90 Å². The molecule has 1 fully saturated rings. The quantitative estimate of drug-likeness (QED) is 0.739. The molecule has 5 nitrogen and oxygen atoms in total. The van der Waals surface area contributed by atoms with Gasteiger partial charge < -0.3 is 9.80 Å². The molecule has 0 N–H and O–H groups in total. The Balaban J connectivity index is 1.42. The number of rotatable bonds is 3. The van der Waals surface area contributed by atoms with E-state index in [1.807, 2.05) is 35.2 Å². The van der Waals surface area contributed by atoms with Gasteiger partial charge in [0.2, 0.25) is 5.91 Å². The number of hydrogen-bond acceptors (Lipinski definition) is 4. The number of hydrogen-bond donors (Lipinski definition) is 0. The highest BCUT2D eigenvalue weighted by molar-refractivity contribution is 5.90. The molecular weight excluding hydrogens is 312 g/mol. The molecule has 1 saturated heterocycles. The van der Waals surface area contributed by atoms with Gasteiger partial charge in [0.15, 0.2) is 5.82 Å². The normalized spacial score (nSPS) is 14.7. The Kier molecular flexibility index (Phi) is 4.29. The van der Waals surface area contributed by atoms with Gasteiger partial charge in [0.05, 0.1) is 6.42 Å². The standard InChI is InChI=1S/C20H20N4O/c25-20(15-17-7-3-6-16-5-1-2-8-18(16)17)24-13-11-23(12-14-24)19-9-4-10-21-22-19/h1-10H,11-15H2. The fourth-order valence-electron chi connectivity index (χ4n) is 3.37. The second-order valence-corrected chi connectivity index (χ2v) is 6.26. The Morgan fingerprint density at radius 2 is 1.72 bits per heavy atom. The molecule has 4 rings (SSSR count). The van der Waals surface area contributed by atoms with Crippen LogP contribution in [-0.2, 0) is 11.2 Å². The summed E-state index contributed by atoms with van der Waals surface area (Å²) in [5.74, 6) is 1.07. The minimum Gasteiger partial charge on any atom is -0.352 e. The van der Waals surface area contributed by atoms with Crippen LogP contribution in [0.5, 0.6) is 0 Å². The smallest absolute Gasteiger partial charge is 0.227 e. The van der Waals surface area contributed by atoms with E-state index >= 15 is 0 Å². The van der Waals surface area contributed by atoms with E-state index in [0.29, 0.717) is 6.42 Å². The topological polar surface area (TPSA) is 49.3 Å². The highest BCUT2D eigenvalue weighted by atomic mass is 16.2. The minimum atomic E-state index is 0.190. The second kappa shape index (κ2) is 6.89. The van der Waals surface area contributed by atoms with Crippen LogP contribution in [0.15, 0.2) is 60.8 Å². The summed E-state index contributed by atoms with van der Waals surface area (Å²) in [6.45, 7) is 3.03. The van der Waals surface area contributed by atoms with Gasteiger partial charge in [-0.2, -0.15) is 5.10 Å². The summed E-state index contributed by atoms with van der Waals surface area (Å²) in [6.07, 6.45) is 2.12. The van der Waals surface area contributed by atoms with Crippen molar-refractivity contribution in [2.45, 2.75) is 6.42 Å². The van der Waals surface area contributed by atoms with E-state index in [4.69, 9.17) is 0 Å². The van der Waals surface area contributed by atoms with Gasteiger partial charge in [-0.1, -0.05) is 42.5 Å². The number of carbonyl (C=O) groups excluding carboxylic acids is 1. The Hall–Kier alpha value is -2.95. The summed E-state index contributed by atoms with van der Waals surface area (Å²) in [5.41, 5.74) is 1.10. The lowest BCUT2D eigenvalue weighted by Gasteiger charge is -2.35. The number of amides is 1. The van der Waals surface area contributed by atoms with Crippen LogP contribution >= 0.6 is 0 Å². The third-order valence-electron chi connectivity index (χ3n) is 4.74. The average molecular weight is 332 g/mol. The van der Waals surface area contributed by atoms with Gasteiger partial charge in [-0.15, -0.1) is 5.10 Å². The Bertz CT molecular complexity index is 868. The van der Waals surface area contributed by atoms with Crippen LogP contribution in [0.2, 0.25) is 0 Å². The summed E-state index contributed by atoms with van der Waals surface area (Å²) in [7, 11) is 0. The predicted molar refractivity (Wildman–Crippen MR) is 98.5 cm³/mol. The molecular formula is C20H20N4O. The highest BCUT2D eigenvalue weighted by Gasteiger charge is 2.22. The lowest BCUT2D eigenvalue weighted by Crippen LogP contribution is -2.49. The zero-order valence-corrected chi connectivity index (χ0v) is 14.0. The number of nitrogens with zero attached hydrogens (tertiary/aromatic N) is 4. The van der Waals surface area contributed by atoms with Gasteiger partial charge in [-0.3, -0.25) is 4.79 Å². The molecule has 1 aliphatic rings. The van der Waals surface area contributed by atoms with E-state index in [1.54, 1.807) is 6.20 Å². The van der Waals surface area contributed by atoms with Crippen molar-refractivity contribution in [2.24, 2.45) is 0 Å². The lowest BCUT2D eigenvalue weighted by atomic mass is 10.0. The molecule has 2 heterocycles. The zero-order chi connectivity index (χ0) is 17.1. The fourth-order valence-corrected chi connectivity index (χ4v) is 3.37. The number of fused-ring (bicyclic) bond motifs is 1. The SMILES string of the molecule is O=C(Cc1cccc2ccccc12)N1CCN(c2cccnn2)CC1. The zero-order valence-electron chi connectivity index (χ0n) is 14.0. The van der Waals surface area contributed by atoms with Gasteiger partial charge in [0, 0.05) is 32.4 Å². The second-order valence-electron chi connectivity index (χ2n) is 6.26. The van der Waals surface area contributed by atoms with Crippen molar-refractivity contribution in [1.82, 2.24) is 15.1 Å². The van der Waals surface area contributed by atoms with E-state index in [0.717, 1.165) is 42.9 Å². The first-order valence-corrected chi connectivity index (χ1v) is 8.58. The summed E-state index contributed by atoms with van der Waals surface area (Å²) < 4.78 is 0. The Morgan fingerprint density at radius 1 is 0.920 bits per heavy atom. The molecule has 1 aliphatic heterocycles. The van der Waals surface area contributed by atoms with Crippen LogP contribution in [0.1, 0.15) is 5.56 Å². The number of anilines is 1. The maximum atomic E-state index is 12.7. The summed E-state index contributed by atoms with van der Waals surface area (Å²) in [5, 5.41) is 10.4. The number of piperazine rings is 1. The van der Waals surface area contributed by atoms with Crippen molar-refractivity contribution in [2.75, 3.05) is 31.1 Å². The van der Waals surface area contributed by atoms with Crippen molar-refractivity contribution in [1.29, 1.82) is 0 Å². The van der Waals surface area contributed by atoms with Crippen LogP contribution in [-0.4, -0.2) is 47.2 Å². The Morgan fingerprint density at radius 3 is 2.52 bits per heavy atom. The molecule has 25 heavy (non-hydrogen) atoms. The molecule has 0 saturated carbocycles. The average Bonchev–Trinajstić information content (AvgIpc) is 2.69. The van der Waals surface area contributed by atoms with E-state index in [9.17, 15) is 4.79 Å². The third kappa shape index (κ3) is 3.31. The molecule has 0 radical (unpaired) electrons. The Labute approximate surface area is 146 Å². The van der Waals surface area contributed by atoms with Gasteiger partial charge in [-0.25, -0.2) is 0 Å². The number of benzene rings is 2. The maximum absolute atomic E-state index is 12.7. The van der Waals surface area contributed by atoms with Gasteiger partial charge in [0.25, 0.3) is 0 Å². The predicted octanol–water partition coefficient (Wildman–Crippen LogP) is 2.52. The van der Waals surface area contributed by atoms with E-state index in [2.05, 4.69) is 39.4 Å². The van der Waals surface area contributed by atoms with Crippen LogP contribution in [0.25, 0.3) is 10.8 Å². The molecule has 3 aromatic rings. The first-order chi connectivity index (χ1) is 12.3. The molecule has 5 heteroatoms. The summed E-state index contributed by atoms with van der Waals surface area (Å²) >= 11 is 0. The summed E-state index contributed by atoms with van der Waals surface area (Å²) in [4.78, 5) is 16.9. The first kappa shape index (κ1) is 15.6. The van der Waals surface area contributed by atoms with Crippen LogP contribution in [0.4, 0.5) is 5.82 Å². The van der Waals surface area contributed by atoms with Crippen LogP contribution in [0.3, 0.4) is 0 Å². The van der Waals surface area contributed by atoms with Crippen molar-refractivity contribution in [3.63, 3.8) is 0 Å². The van der Waals surface area contributed by atoms with E-state index < -0.39 is 0 Å². The van der Waals surface area contributed by atoms with Crippen LogP contribution in [0, 0.1) is 0 Å². The summed E-state index contributed by atoms with van der Waals surface area (Å²) in [6, 6.07) is 18.2. The molecule has 1 aromatic heterocycles. The monoisotopic (exact) mass is 332 g/mol. The van der Waals surface area contributed by atoms with E-state index in [-0.39, 0.29) is 5.91 Å². The highest BCUT2D eigenvalue weighted by Crippen LogP contribution is 2.20. The third-order valence-corrected chi connectivity index (χ3v) is 4.74. The largest absolute Gasteiger partial charge is 0.352 e. The van der Waals surface area contributed by atoms with Crippen molar-refractivity contribution < 1.29 is 4.79 Å². The van der Waals surface area contributed by atoms with Crippen molar-refractivity contribution >= 4 is 22.5 Å². The fraction of sp³-hybridized carbons (Fsp3) is 0.250. The molecule has 0 atom stereocenters. The molecule has 0 bridgehead atoms. The molecule has 1 amide bonds. The molecule has 0 spiro atoms. The molecule has 0 unspecified atom stereocenters. The van der Waals surface area contributed by atoms with Crippen molar-refractivity contribution in [3.05, 3.63) is 66.4 Å². The molecule has 0 aliphatic carbocycles. The van der Waals surface area contributed by atoms with Gasteiger partial charge in [-0.05, 0) is 28.5 Å². The van der Waals surface area contributed by atoms with Gasteiger partial charge >= 0.3 is 0 Å².